The summed E-state index contributed by atoms with van der Waals surface area (Å²) in [6.07, 6.45) is -1.09. The Morgan fingerprint density at radius 1 is 1.14 bits per heavy atom. The molecule has 0 aliphatic carbocycles. The molecule has 1 saturated heterocycles. The Morgan fingerprint density at radius 2 is 1.93 bits per heavy atom. The van der Waals surface area contributed by atoms with Gasteiger partial charge in [-0.3, -0.25) is 9.59 Å². The van der Waals surface area contributed by atoms with Crippen molar-refractivity contribution in [2.24, 2.45) is 0 Å². The minimum absolute atomic E-state index is 0.0789. The number of anilines is 1. The van der Waals surface area contributed by atoms with Gasteiger partial charge in [0.2, 0.25) is 5.88 Å². The zero-order chi connectivity index (χ0) is 31.1. The van der Waals surface area contributed by atoms with E-state index in [1.54, 1.807) is 25.4 Å². The van der Waals surface area contributed by atoms with Crippen LogP contribution in [0.1, 0.15) is 46.7 Å². The zero-order valence-electron chi connectivity index (χ0n) is 24.0. The highest BCUT2D eigenvalue weighted by atomic mass is 35.5. The predicted octanol–water partition coefficient (Wildman–Crippen LogP) is 4.30. The molecule has 0 radical (unpaired) electrons. The number of aromatic nitrogens is 3. The number of hydrogen-bond donors (Lipinski definition) is 2. The summed E-state index contributed by atoms with van der Waals surface area (Å²) in [7, 11) is 1.77. The number of nitrogens with zero attached hydrogens (tertiary/aromatic N) is 5. The Balaban J connectivity index is 1.67. The molecule has 4 rings (SSSR count). The van der Waals surface area contributed by atoms with E-state index in [9.17, 15) is 22.8 Å². The van der Waals surface area contributed by atoms with Gasteiger partial charge in [-0.15, -0.1) is 0 Å². The third kappa shape index (κ3) is 7.34. The minimum atomic E-state index is -4.74. The summed E-state index contributed by atoms with van der Waals surface area (Å²) < 4.78 is 46.8. The fraction of sp³-hybridized carbons (Fsp3) is 0.414. The summed E-state index contributed by atoms with van der Waals surface area (Å²) >= 11 is 5.81. The van der Waals surface area contributed by atoms with Crippen LogP contribution in [-0.4, -0.2) is 84.1 Å². The van der Waals surface area contributed by atoms with Crippen molar-refractivity contribution in [2.75, 3.05) is 51.3 Å². The first-order chi connectivity index (χ1) is 20.6. The van der Waals surface area contributed by atoms with E-state index in [1.165, 1.54) is 17.2 Å². The molecule has 0 unspecified atom stereocenters. The van der Waals surface area contributed by atoms with Crippen LogP contribution in [0, 0.1) is 0 Å². The largest absolute Gasteiger partial charge is 0.477 e. The number of hydrogen-bond acceptors (Lipinski definition) is 8. The third-order valence-corrected chi connectivity index (χ3v) is 7.22. The number of piperazine rings is 1. The van der Waals surface area contributed by atoms with Crippen molar-refractivity contribution in [3.63, 3.8) is 0 Å². The number of rotatable bonds is 10. The molecule has 1 aliphatic heterocycles. The van der Waals surface area contributed by atoms with Crippen LogP contribution < -0.4 is 20.3 Å². The van der Waals surface area contributed by atoms with Crippen molar-refractivity contribution in [3.05, 3.63) is 64.6 Å². The number of ether oxygens (including phenoxy) is 1. The molecule has 14 heteroatoms. The maximum absolute atomic E-state index is 13.7. The lowest BCUT2D eigenvalue weighted by atomic mass is 10.0. The van der Waals surface area contributed by atoms with E-state index in [-0.39, 0.29) is 36.4 Å². The van der Waals surface area contributed by atoms with E-state index in [4.69, 9.17) is 16.3 Å². The zero-order valence-corrected chi connectivity index (χ0v) is 24.8. The molecule has 3 heterocycles. The highest BCUT2D eigenvalue weighted by molar-refractivity contribution is 6.30. The number of benzene rings is 1. The van der Waals surface area contributed by atoms with E-state index in [0.29, 0.717) is 49.1 Å². The topological polar surface area (TPSA) is 113 Å². The lowest BCUT2D eigenvalue weighted by Crippen LogP contribution is -2.55. The third-order valence-electron chi connectivity index (χ3n) is 6.99. The molecule has 1 aliphatic rings. The molecule has 10 nitrogen and oxygen atoms in total. The molecular weight excluding hydrogens is 587 g/mol. The Labute approximate surface area is 252 Å². The molecule has 0 spiro atoms. The number of nitrogens with one attached hydrogen (secondary N) is 2. The molecule has 2 aromatic heterocycles. The van der Waals surface area contributed by atoms with Crippen molar-refractivity contribution in [2.45, 2.75) is 32.5 Å². The normalized spacial score (nSPS) is 15.4. The molecule has 2 amide bonds. The quantitative estimate of drug-likeness (QED) is 0.323. The van der Waals surface area contributed by atoms with Crippen LogP contribution >= 0.6 is 11.6 Å². The van der Waals surface area contributed by atoms with Crippen molar-refractivity contribution < 1.29 is 27.5 Å². The lowest BCUT2D eigenvalue weighted by molar-refractivity contribution is -0.138. The number of pyridine rings is 1. The van der Waals surface area contributed by atoms with Crippen molar-refractivity contribution in [3.8, 4) is 17.1 Å². The first kappa shape index (κ1) is 32.0. The van der Waals surface area contributed by atoms with Gasteiger partial charge in [-0.05, 0) is 50.7 Å². The van der Waals surface area contributed by atoms with Gasteiger partial charge in [0.25, 0.3) is 11.8 Å². The number of carbonyl (C=O) groups excluding carboxylic acids is 2. The highest BCUT2D eigenvalue weighted by Crippen LogP contribution is 2.35. The van der Waals surface area contributed by atoms with Crippen molar-refractivity contribution in [1.29, 1.82) is 0 Å². The van der Waals surface area contributed by atoms with Gasteiger partial charge in [0.05, 0.1) is 35.2 Å². The lowest BCUT2D eigenvalue weighted by Gasteiger charge is -2.42. The predicted molar refractivity (Wildman–Crippen MR) is 156 cm³/mol. The van der Waals surface area contributed by atoms with E-state index >= 15 is 0 Å². The van der Waals surface area contributed by atoms with E-state index in [1.807, 2.05) is 18.7 Å². The van der Waals surface area contributed by atoms with E-state index < -0.39 is 29.1 Å². The monoisotopic (exact) mass is 619 g/mol. The smallest absolute Gasteiger partial charge is 0.417 e. The average molecular weight is 620 g/mol. The van der Waals surface area contributed by atoms with Gasteiger partial charge in [0, 0.05) is 50.0 Å². The van der Waals surface area contributed by atoms with Crippen molar-refractivity contribution >= 4 is 29.2 Å². The molecule has 2 N–H and O–H groups in total. The summed E-state index contributed by atoms with van der Waals surface area (Å²) in [5.41, 5.74) is -0.503. The second kappa shape index (κ2) is 14.0. The van der Waals surface area contributed by atoms with Crippen LogP contribution in [0.15, 0.2) is 42.7 Å². The second-order valence-electron chi connectivity index (χ2n) is 9.77. The Morgan fingerprint density at radius 3 is 2.63 bits per heavy atom. The van der Waals surface area contributed by atoms with Gasteiger partial charge in [-0.25, -0.2) is 15.0 Å². The van der Waals surface area contributed by atoms with Crippen LogP contribution in [0.3, 0.4) is 0 Å². The molecule has 230 valence electrons. The van der Waals surface area contributed by atoms with E-state index in [2.05, 4.69) is 25.6 Å². The van der Waals surface area contributed by atoms with Crippen LogP contribution in [-0.2, 0) is 6.18 Å². The van der Waals surface area contributed by atoms with Gasteiger partial charge in [0.1, 0.15) is 0 Å². The standard InChI is InChI=1S/C29H33ClF3N7O3/c1-4-19-17-39(28(42)20-9-8-18(30)15-22(20)29(31,32)33)13-14-40(19)25-24(26(41)35-12-11-34-3)38-23(16-37-25)21-7-6-10-36-27(21)43-5-2/h6-10,15-16,19,34H,4-5,11-14,17H2,1-3H3,(H,35,41)/t19-/m1/s1. The fourth-order valence-corrected chi connectivity index (χ4v) is 5.05. The van der Waals surface area contributed by atoms with Crippen LogP contribution in [0.4, 0.5) is 19.0 Å². The number of carbonyl (C=O) groups is 2. The van der Waals surface area contributed by atoms with Gasteiger partial charge >= 0.3 is 6.18 Å². The average Bonchev–Trinajstić information content (AvgIpc) is 3.00. The number of alkyl halides is 3. The van der Waals surface area contributed by atoms with Crippen LogP contribution in [0.5, 0.6) is 5.88 Å². The molecule has 0 saturated carbocycles. The maximum atomic E-state index is 13.7. The van der Waals surface area contributed by atoms with Crippen LogP contribution in [0.25, 0.3) is 11.3 Å². The Bertz CT molecular complexity index is 1460. The SMILES string of the molecule is CCOc1ncccc1-c1cnc(N2CCN(C(=O)c3ccc(Cl)cc3C(F)(F)F)C[C@H]2CC)c(C(=O)NCCNC)n1. The first-order valence-corrected chi connectivity index (χ1v) is 14.3. The molecule has 3 aromatic rings. The molecular formula is C29H33ClF3N7O3. The van der Waals surface area contributed by atoms with E-state index in [0.717, 1.165) is 12.1 Å². The summed E-state index contributed by atoms with van der Waals surface area (Å²) in [6, 6.07) is 6.29. The maximum Gasteiger partial charge on any atom is 0.417 e. The fourth-order valence-electron chi connectivity index (χ4n) is 4.87. The Kier molecular flexibility index (Phi) is 10.4. The highest BCUT2D eigenvalue weighted by Gasteiger charge is 2.38. The van der Waals surface area contributed by atoms with Crippen molar-refractivity contribution in [1.82, 2.24) is 30.5 Å². The van der Waals surface area contributed by atoms with Gasteiger partial charge < -0.3 is 25.2 Å². The molecule has 43 heavy (non-hydrogen) atoms. The first-order valence-electron chi connectivity index (χ1n) is 13.9. The van der Waals surface area contributed by atoms with Gasteiger partial charge in [-0.2, -0.15) is 13.2 Å². The molecule has 0 bridgehead atoms. The second-order valence-corrected chi connectivity index (χ2v) is 10.2. The van der Waals surface area contributed by atoms with Crippen LogP contribution in [0.2, 0.25) is 5.02 Å². The van der Waals surface area contributed by atoms with Gasteiger partial charge in [-0.1, -0.05) is 18.5 Å². The summed E-state index contributed by atoms with van der Waals surface area (Å²) in [4.78, 5) is 43.6. The Hall–Kier alpha value is -3.97. The molecule has 1 fully saturated rings. The minimum Gasteiger partial charge on any atom is -0.477 e. The summed E-state index contributed by atoms with van der Waals surface area (Å²) in [5, 5.41) is 5.71. The number of halogens is 4. The molecule has 1 atom stereocenters. The number of likely N-dealkylation sites (N-methyl/N-ethyl adjacent to an activating group) is 1. The molecule has 1 aromatic carbocycles. The van der Waals surface area contributed by atoms with Gasteiger partial charge in [0.15, 0.2) is 11.5 Å². The number of amides is 2. The summed E-state index contributed by atoms with van der Waals surface area (Å²) in [6.45, 7) is 5.45. The summed E-state index contributed by atoms with van der Waals surface area (Å²) in [5.74, 6) is -0.513.